The van der Waals surface area contributed by atoms with Crippen molar-refractivity contribution in [2.45, 2.75) is 13.0 Å². The quantitative estimate of drug-likeness (QED) is 0.926. The Bertz CT molecular complexity index is 580. The van der Waals surface area contributed by atoms with Crippen molar-refractivity contribution in [2.75, 3.05) is 7.11 Å². The van der Waals surface area contributed by atoms with Crippen LogP contribution in [0, 0.1) is 12.7 Å². The maximum absolute atomic E-state index is 13.4. The van der Waals surface area contributed by atoms with Gasteiger partial charge in [-0.05, 0) is 47.9 Å². The summed E-state index contributed by atoms with van der Waals surface area (Å²) >= 11 is 6.07. The van der Waals surface area contributed by atoms with Gasteiger partial charge in [0.1, 0.15) is 11.6 Å². The van der Waals surface area contributed by atoms with E-state index in [2.05, 4.69) is 0 Å². The molecular weight excluding hydrogens is 265 g/mol. The van der Waals surface area contributed by atoms with Gasteiger partial charge < -0.3 is 10.5 Å². The minimum atomic E-state index is -0.419. The van der Waals surface area contributed by atoms with Gasteiger partial charge in [0, 0.05) is 0 Å². The van der Waals surface area contributed by atoms with Gasteiger partial charge in [-0.25, -0.2) is 4.39 Å². The molecule has 0 bridgehead atoms. The zero-order valence-corrected chi connectivity index (χ0v) is 11.5. The van der Waals surface area contributed by atoms with Crippen molar-refractivity contribution in [1.82, 2.24) is 0 Å². The minimum absolute atomic E-state index is 0.287. The summed E-state index contributed by atoms with van der Waals surface area (Å²) in [6.07, 6.45) is 0. The third-order valence-corrected chi connectivity index (χ3v) is 3.25. The summed E-state index contributed by atoms with van der Waals surface area (Å²) in [5.41, 5.74) is 8.52. The Balaban J connectivity index is 2.38. The van der Waals surface area contributed by atoms with Gasteiger partial charge in [-0.3, -0.25) is 0 Å². The third-order valence-electron chi connectivity index (χ3n) is 2.96. The molecule has 2 nitrogen and oxygen atoms in total. The van der Waals surface area contributed by atoms with Gasteiger partial charge in [-0.15, -0.1) is 0 Å². The van der Waals surface area contributed by atoms with Crippen LogP contribution < -0.4 is 10.5 Å². The SMILES string of the molecule is COc1ccc(C(N)c2cc(C)cc(F)c2)cc1Cl. The number of hydrogen-bond donors (Lipinski definition) is 1. The zero-order valence-electron chi connectivity index (χ0n) is 10.8. The molecule has 19 heavy (non-hydrogen) atoms. The Morgan fingerprint density at radius 1 is 1.16 bits per heavy atom. The van der Waals surface area contributed by atoms with Crippen molar-refractivity contribution in [1.29, 1.82) is 0 Å². The highest BCUT2D eigenvalue weighted by atomic mass is 35.5. The first-order chi connectivity index (χ1) is 9.01. The molecule has 100 valence electrons. The van der Waals surface area contributed by atoms with Crippen LogP contribution in [0.2, 0.25) is 5.02 Å². The Morgan fingerprint density at radius 3 is 2.47 bits per heavy atom. The van der Waals surface area contributed by atoms with Crippen LogP contribution in [0.15, 0.2) is 36.4 Å². The lowest BCUT2D eigenvalue weighted by molar-refractivity contribution is 0.415. The molecule has 1 unspecified atom stereocenters. The molecule has 0 radical (unpaired) electrons. The Kier molecular flexibility index (Phi) is 4.08. The van der Waals surface area contributed by atoms with E-state index >= 15 is 0 Å². The molecule has 0 amide bonds. The average molecular weight is 280 g/mol. The van der Waals surface area contributed by atoms with Crippen LogP contribution >= 0.6 is 11.6 Å². The molecule has 2 N–H and O–H groups in total. The van der Waals surface area contributed by atoms with Crippen LogP contribution in [0.1, 0.15) is 22.7 Å². The normalized spacial score (nSPS) is 12.3. The number of halogens is 2. The molecule has 0 spiro atoms. The number of hydrogen-bond acceptors (Lipinski definition) is 2. The Labute approximate surface area is 117 Å². The highest BCUT2D eigenvalue weighted by Gasteiger charge is 2.12. The van der Waals surface area contributed by atoms with Crippen LogP contribution in [0.3, 0.4) is 0 Å². The lowest BCUT2D eigenvalue weighted by Gasteiger charge is -2.15. The molecule has 0 aromatic heterocycles. The number of rotatable bonds is 3. The van der Waals surface area contributed by atoms with Gasteiger partial charge in [-0.1, -0.05) is 23.7 Å². The number of nitrogens with two attached hydrogens (primary N) is 1. The summed E-state index contributed by atoms with van der Waals surface area (Å²) in [6.45, 7) is 1.83. The second kappa shape index (κ2) is 5.59. The molecule has 2 rings (SSSR count). The predicted molar refractivity (Wildman–Crippen MR) is 75.2 cm³/mol. The lowest BCUT2D eigenvalue weighted by Crippen LogP contribution is -2.12. The van der Waals surface area contributed by atoms with E-state index < -0.39 is 6.04 Å². The molecule has 0 aliphatic heterocycles. The largest absolute Gasteiger partial charge is 0.495 e. The lowest BCUT2D eigenvalue weighted by atomic mass is 9.98. The molecule has 1 atom stereocenters. The second-order valence-electron chi connectivity index (χ2n) is 4.43. The van der Waals surface area contributed by atoms with E-state index in [1.54, 1.807) is 19.2 Å². The standard InChI is InChI=1S/C15H15ClFNO/c1-9-5-11(7-12(17)6-9)15(18)10-3-4-14(19-2)13(16)8-10/h3-8,15H,18H2,1-2H3. The zero-order chi connectivity index (χ0) is 14.0. The fourth-order valence-electron chi connectivity index (χ4n) is 2.01. The molecule has 4 heteroatoms. The highest BCUT2D eigenvalue weighted by Crippen LogP contribution is 2.29. The van der Waals surface area contributed by atoms with Gasteiger partial charge in [0.15, 0.2) is 0 Å². The summed E-state index contributed by atoms with van der Waals surface area (Å²) in [6, 6.07) is 9.68. The maximum Gasteiger partial charge on any atom is 0.137 e. The van der Waals surface area contributed by atoms with E-state index in [0.717, 1.165) is 16.7 Å². The summed E-state index contributed by atoms with van der Waals surface area (Å²) in [4.78, 5) is 0. The van der Waals surface area contributed by atoms with Crippen molar-refractivity contribution in [3.05, 3.63) is 63.9 Å². The predicted octanol–water partition coefficient (Wildman–Crippen LogP) is 3.84. The van der Waals surface area contributed by atoms with Crippen LogP contribution in [0.4, 0.5) is 4.39 Å². The van der Waals surface area contributed by atoms with Gasteiger partial charge >= 0.3 is 0 Å². The fraction of sp³-hybridized carbons (Fsp3) is 0.200. The Morgan fingerprint density at radius 2 is 1.89 bits per heavy atom. The first-order valence-electron chi connectivity index (χ1n) is 5.87. The van der Waals surface area contributed by atoms with Crippen molar-refractivity contribution in [3.8, 4) is 5.75 Å². The van der Waals surface area contributed by atoms with Gasteiger partial charge in [0.05, 0.1) is 18.2 Å². The number of benzene rings is 2. The summed E-state index contributed by atoms with van der Waals surface area (Å²) in [5, 5.41) is 0.489. The molecule has 0 fully saturated rings. The first-order valence-corrected chi connectivity index (χ1v) is 6.25. The van der Waals surface area contributed by atoms with Crippen molar-refractivity contribution in [3.63, 3.8) is 0 Å². The van der Waals surface area contributed by atoms with Crippen molar-refractivity contribution >= 4 is 11.6 Å². The average Bonchev–Trinajstić information content (AvgIpc) is 2.36. The second-order valence-corrected chi connectivity index (χ2v) is 4.84. The number of aryl methyl sites for hydroxylation is 1. The van der Waals surface area contributed by atoms with Crippen LogP contribution in [-0.2, 0) is 0 Å². The smallest absolute Gasteiger partial charge is 0.137 e. The van der Waals surface area contributed by atoms with Gasteiger partial charge in [-0.2, -0.15) is 0 Å². The fourth-order valence-corrected chi connectivity index (χ4v) is 2.28. The monoisotopic (exact) mass is 279 g/mol. The first kappa shape index (κ1) is 13.8. The third kappa shape index (κ3) is 3.06. The molecule has 0 aliphatic carbocycles. The van der Waals surface area contributed by atoms with E-state index in [9.17, 15) is 4.39 Å². The highest BCUT2D eigenvalue weighted by molar-refractivity contribution is 6.32. The van der Waals surface area contributed by atoms with Crippen LogP contribution in [0.5, 0.6) is 5.75 Å². The van der Waals surface area contributed by atoms with Crippen LogP contribution in [0.25, 0.3) is 0 Å². The number of methoxy groups -OCH3 is 1. The Hall–Kier alpha value is -1.58. The minimum Gasteiger partial charge on any atom is -0.495 e. The molecule has 0 aliphatic rings. The molecule has 0 heterocycles. The molecule has 2 aromatic rings. The van der Waals surface area contributed by atoms with E-state index in [4.69, 9.17) is 22.1 Å². The topological polar surface area (TPSA) is 35.2 Å². The van der Waals surface area contributed by atoms with Gasteiger partial charge in [0.2, 0.25) is 0 Å². The van der Waals surface area contributed by atoms with Crippen molar-refractivity contribution < 1.29 is 9.13 Å². The maximum atomic E-state index is 13.4. The molecular formula is C15H15ClFNO. The van der Waals surface area contributed by atoms with E-state index in [1.807, 2.05) is 19.1 Å². The number of ether oxygens (including phenoxy) is 1. The molecule has 2 aromatic carbocycles. The molecule has 0 saturated carbocycles. The summed E-state index contributed by atoms with van der Waals surface area (Å²) < 4.78 is 18.5. The van der Waals surface area contributed by atoms with E-state index in [-0.39, 0.29) is 5.82 Å². The van der Waals surface area contributed by atoms with E-state index in [0.29, 0.717) is 10.8 Å². The summed E-state index contributed by atoms with van der Waals surface area (Å²) in [7, 11) is 1.55. The molecule has 0 saturated heterocycles. The van der Waals surface area contributed by atoms with Crippen LogP contribution in [-0.4, -0.2) is 7.11 Å². The van der Waals surface area contributed by atoms with Gasteiger partial charge in [0.25, 0.3) is 0 Å². The van der Waals surface area contributed by atoms with E-state index in [1.165, 1.54) is 12.1 Å². The summed E-state index contributed by atoms with van der Waals surface area (Å²) in [5.74, 6) is 0.304. The van der Waals surface area contributed by atoms with Crippen molar-refractivity contribution in [2.24, 2.45) is 5.73 Å².